The van der Waals surface area contributed by atoms with Crippen molar-refractivity contribution < 1.29 is 23.5 Å². The Labute approximate surface area is 168 Å². The summed E-state index contributed by atoms with van der Waals surface area (Å²) in [6.07, 6.45) is 0. The second kappa shape index (κ2) is 8.46. The van der Waals surface area contributed by atoms with Crippen LogP contribution in [0.1, 0.15) is 26.5 Å². The smallest absolute Gasteiger partial charge is 0.291 e. The first-order chi connectivity index (χ1) is 14.2. The molecule has 0 atom stereocenters. The van der Waals surface area contributed by atoms with Gasteiger partial charge in [0, 0.05) is 31.1 Å². The average Bonchev–Trinajstić information content (AvgIpc) is 3.12. The number of benzene rings is 2. The van der Waals surface area contributed by atoms with Gasteiger partial charge in [0.05, 0.1) is 19.8 Å². The summed E-state index contributed by atoms with van der Waals surface area (Å²) in [5.41, 5.74) is 2.31. The molecule has 2 heterocycles. The van der Waals surface area contributed by atoms with Gasteiger partial charge in [-0.25, -0.2) is 0 Å². The Kier molecular flexibility index (Phi) is 5.59. The highest BCUT2D eigenvalue weighted by molar-refractivity contribution is 6.14. The Bertz CT molecular complexity index is 1040. The van der Waals surface area contributed by atoms with Crippen molar-refractivity contribution in [3.8, 4) is 0 Å². The van der Waals surface area contributed by atoms with E-state index in [9.17, 15) is 9.59 Å². The number of morpholine rings is 1. The van der Waals surface area contributed by atoms with Crippen molar-refractivity contribution in [3.05, 3.63) is 65.4 Å². The van der Waals surface area contributed by atoms with Crippen molar-refractivity contribution in [1.82, 2.24) is 4.90 Å². The number of hydrogen-bond donors (Lipinski definition) is 1. The highest BCUT2D eigenvalue weighted by Crippen LogP contribution is 2.32. The molecule has 0 unspecified atom stereocenters. The quantitative estimate of drug-likeness (QED) is 0.718. The maximum atomic E-state index is 13.1. The second-order valence-corrected chi connectivity index (χ2v) is 6.79. The fourth-order valence-corrected chi connectivity index (χ4v) is 3.38. The van der Waals surface area contributed by atoms with Crippen LogP contribution in [-0.2, 0) is 16.1 Å². The number of fused-ring (bicyclic) bond motifs is 1. The molecule has 0 saturated carbocycles. The van der Waals surface area contributed by atoms with Gasteiger partial charge in [-0.1, -0.05) is 24.3 Å². The van der Waals surface area contributed by atoms with E-state index in [1.54, 1.807) is 36.3 Å². The molecule has 0 bridgehead atoms. The highest BCUT2D eigenvalue weighted by atomic mass is 16.5. The van der Waals surface area contributed by atoms with Crippen molar-refractivity contribution in [2.75, 3.05) is 38.7 Å². The molecule has 4 rings (SSSR count). The molecule has 2 amide bonds. The minimum absolute atomic E-state index is 0.134. The van der Waals surface area contributed by atoms with Gasteiger partial charge in [0.1, 0.15) is 11.3 Å². The molecule has 1 aliphatic heterocycles. The minimum Gasteiger partial charge on any atom is -0.449 e. The van der Waals surface area contributed by atoms with Gasteiger partial charge < -0.3 is 24.1 Å². The third-order valence-electron chi connectivity index (χ3n) is 4.83. The van der Waals surface area contributed by atoms with Gasteiger partial charge in [-0.3, -0.25) is 9.59 Å². The van der Waals surface area contributed by atoms with Crippen LogP contribution < -0.4 is 5.32 Å². The van der Waals surface area contributed by atoms with Crippen LogP contribution in [0.5, 0.6) is 0 Å². The Morgan fingerprint density at radius 3 is 2.69 bits per heavy atom. The fraction of sp³-hybridized carbons (Fsp3) is 0.273. The van der Waals surface area contributed by atoms with Crippen LogP contribution in [-0.4, -0.2) is 50.1 Å². The predicted molar refractivity (Wildman–Crippen MR) is 108 cm³/mol. The van der Waals surface area contributed by atoms with Crippen LogP contribution in [0, 0.1) is 0 Å². The summed E-state index contributed by atoms with van der Waals surface area (Å²) in [5, 5.41) is 3.57. The lowest BCUT2D eigenvalue weighted by molar-refractivity contribution is 0.0285. The predicted octanol–water partition coefficient (Wildman–Crippen LogP) is 3.30. The van der Waals surface area contributed by atoms with E-state index in [0.717, 1.165) is 5.56 Å². The number of furan rings is 1. The maximum absolute atomic E-state index is 13.1. The van der Waals surface area contributed by atoms with Crippen LogP contribution >= 0.6 is 0 Å². The summed E-state index contributed by atoms with van der Waals surface area (Å²) in [7, 11) is 1.61. The van der Waals surface area contributed by atoms with Crippen LogP contribution in [0.15, 0.2) is 52.9 Å². The van der Waals surface area contributed by atoms with Gasteiger partial charge in [0.25, 0.3) is 11.8 Å². The molecule has 0 radical (unpaired) electrons. The minimum atomic E-state index is -0.314. The van der Waals surface area contributed by atoms with Crippen molar-refractivity contribution in [1.29, 1.82) is 0 Å². The molecule has 1 fully saturated rings. The van der Waals surface area contributed by atoms with Gasteiger partial charge in [0.15, 0.2) is 0 Å². The Balaban J connectivity index is 1.68. The van der Waals surface area contributed by atoms with Gasteiger partial charge in [-0.15, -0.1) is 0 Å². The zero-order valence-electron chi connectivity index (χ0n) is 16.1. The first kappa shape index (κ1) is 19.2. The Morgan fingerprint density at radius 2 is 1.90 bits per heavy atom. The molecule has 7 nitrogen and oxygen atoms in total. The van der Waals surface area contributed by atoms with Crippen molar-refractivity contribution in [2.45, 2.75) is 6.61 Å². The van der Waals surface area contributed by atoms with Crippen LogP contribution in [0.2, 0.25) is 0 Å². The molecule has 3 aromatic rings. The number of nitrogens with one attached hydrogen (secondary N) is 1. The van der Waals surface area contributed by atoms with Gasteiger partial charge in [0.2, 0.25) is 5.76 Å². The van der Waals surface area contributed by atoms with Crippen molar-refractivity contribution in [3.63, 3.8) is 0 Å². The molecular formula is C22H22N2O5. The maximum Gasteiger partial charge on any atom is 0.291 e. The van der Waals surface area contributed by atoms with E-state index in [-0.39, 0.29) is 17.6 Å². The molecule has 7 heteroatoms. The molecule has 1 aliphatic rings. The number of carbonyl (C=O) groups is 2. The molecule has 1 N–H and O–H groups in total. The molecule has 29 heavy (non-hydrogen) atoms. The highest BCUT2D eigenvalue weighted by Gasteiger charge is 2.27. The molecular weight excluding hydrogens is 372 g/mol. The molecule has 0 aliphatic carbocycles. The zero-order valence-corrected chi connectivity index (χ0v) is 16.1. The summed E-state index contributed by atoms with van der Waals surface area (Å²) >= 11 is 0. The number of para-hydroxylation sites is 1. The lowest BCUT2D eigenvalue weighted by Gasteiger charge is -2.26. The summed E-state index contributed by atoms with van der Waals surface area (Å²) in [5.74, 6) is -0.437. The van der Waals surface area contributed by atoms with Gasteiger partial charge in [-0.05, 0) is 29.8 Å². The lowest BCUT2D eigenvalue weighted by Crippen LogP contribution is -2.40. The first-order valence-electron chi connectivity index (χ1n) is 9.45. The van der Waals surface area contributed by atoms with Crippen LogP contribution in [0.4, 0.5) is 5.69 Å². The van der Waals surface area contributed by atoms with E-state index in [1.165, 1.54) is 0 Å². The summed E-state index contributed by atoms with van der Waals surface area (Å²) < 4.78 is 16.3. The number of ether oxygens (including phenoxy) is 2. The number of anilines is 1. The Hall–Kier alpha value is -3.16. The topological polar surface area (TPSA) is 81.0 Å². The van der Waals surface area contributed by atoms with E-state index in [4.69, 9.17) is 13.9 Å². The summed E-state index contributed by atoms with van der Waals surface area (Å²) in [6, 6.07) is 14.5. The van der Waals surface area contributed by atoms with Gasteiger partial charge >= 0.3 is 0 Å². The van der Waals surface area contributed by atoms with Crippen molar-refractivity contribution in [2.24, 2.45) is 0 Å². The average molecular weight is 394 g/mol. The molecule has 2 aromatic carbocycles. The fourth-order valence-electron chi connectivity index (χ4n) is 3.38. The normalized spacial score (nSPS) is 14.2. The number of rotatable bonds is 5. The largest absolute Gasteiger partial charge is 0.449 e. The molecule has 1 saturated heterocycles. The summed E-state index contributed by atoms with van der Waals surface area (Å²) in [4.78, 5) is 27.7. The summed E-state index contributed by atoms with van der Waals surface area (Å²) in [6.45, 7) is 2.36. The lowest BCUT2D eigenvalue weighted by atomic mass is 10.1. The number of nitrogens with zero attached hydrogens (tertiary/aromatic N) is 1. The van der Waals surface area contributed by atoms with Crippen LogP contribution in [0.25, 0.3) is 11.0 Å². The SMILES string of the molecule is COCc1cccc(C(=O)Nc2c(C(=O)N3CCOCC3)oc3ccccc23)c1. The van der Waals surface area contributed by atoms with E-state index in [1.807, 2.05) is 24.3 Å². The number of amides is 2. The third kappa shape index (κ3) is 4.01. The molecule has 1 aromatic heterocycles. The molecule has 150 valence electrons. The first-order valence-corrected chi connectivity index (χ1v) is 9.45. The van der Waals surface area contributed by atoms with E-state index in [2.05, 4.69) is 5.32 Å². The van der Waals surface area contributed by atoms with Gasteiger partial charge in [-0.2, -0.15) is 0 Å². The van der Waals surface area contributed by atoms with E-state index >= 15 is 0 Å². The van der Waals surface area contributed by atoms with E-state index in [0.29, 0.717) is 55.1 Å². The monoisotopic (exact) mass is 394 g/mol. The number of hydrogen-bond acceptors (Lipinski definition) is 5. The third-order valence-corrected chi connectivity index (χ3v) is 4.83. The standard InChI is InChI=1S/C22H22N2O5/c1-27-14-15-5-4-6-16(13-15)21(25)23-19-17-7-2-3-8-18(17)29-20(19)22(26)24-9-11-28-12-10-24/h2-8,13H,9-12,14H2,1H3,(H,23,25). The number of carbonyl (C=O) groups excluding carboxylic acids is 2. The second-order valence-electron chi connectivity index (χ2n) is 6.79. The van der Waals surface area contributed by atoms with E-state index < -0.39 is 0 Å². The van der Waals surface area contributed by atoms with Crippen molar-refractivity contribution >= 4 is 28.5 Å². The number of methoxy groups -OCH3 is 1. The molecule has 0 spiro atoms. The zero-order chi connectivity index (χ0) is 20.2. The Morgan fingerprint density at radius 1 is 1.10 bits per heavy atom. The van der Waals surface area contributed by atoms with Crippen LogP contribution in [0.3, 0.4) is 0 Å².